The molecule has 1 aromatic heterocycles. The lowest BCUT2D eigenvalue weighted by Gasteiger charge is -2.15. The average Bonchev–Trinajstić information content (AvgIpc) is 2.56. The molecule has 0 radical (unpaired) electrons. The Morgan fingerprint density at radius 3 is 2.71 bits per heavy atom. The molecule has 1 aliphatic rings. The van der Waals surface area contributed by atoms with Gasteiger partial charge in [-0.3, -0.25) is 4.68 Å². The first-order valence-electron chi connectivity index (χ1n) is 5.24. The van der Waals surface area contributed by atoms with Crippen molar-refractivity contribution in [3.8, 4) is 6.07 Å². The molecule has 0 spiro atoms. The van der Waals surface area contributed by atoms with Crippen molar-refractivity contribution in [3.63, 3.8) is 0 Å². The fraction of sp³-hybridized carbons (Fsp3) is 0.636. The van der Waals surface area contributed by atoms with E-state index in [2.05, 4.69) is 25.0 Å². The van der Waals surface area contributed by atoms with Gasteiger partial charge in [0.05, 0.1) is 0 Å². The summed E-state index contributed by atoms with van der Waals surface area (Å²) in [4.78, 5) is 0. The van der Waals surface area contributed by atoms with Gasteiger partial charge in [-0.2, -0.15) is 10.4 Å². The van der Waals surface area contributed by atoms with Crippen LogP contribution in [0.1, 0.15) is 49.7 Å². The van der Waals surface area contributed by atoms with Crippen LogP contribution >= 0.6 is 0 Å². The zero-order valence-corrected chi connectivity index (χ0v) is 8.75. The van der Waals surface area contributed by atoms with Crippen LogP contribution in [0, 0.1) is 11.3 Å². The minimum absolute atomic E-state index is 0.365. The number of aromatic nitrogens is 2. The third kappa shape index (κ3) is 1.31. The van der Waals surface area contributed by atoms with Crippen LogP contribution in [0.4, 0.5) is 0 Å². The molecule has 0 aromatic carbocycles. The Morgan fingerprint density at radius 2 is 2.07 bits per heavy atom. The van der Waals surface area contributed by atoms with Gasteiger partial charge in [0, 0.05) is 17.3 Å². The average molecular weight is 189 g/mol. The second kappa shape index (κ2) is 3.45. The Labute approximate surface area is 84.3 Å². The van der Waals surface area contributed by atoms with E-state index in [1.807, 2.05) is 4.68 Å². The molecule has 1 aromatic rings. The first-order chi connectivity index (χ1) is 6.74. The van der Waals surface area contributed by atoms with Gasteiger partial charge in [0.2, 0.25) is 0 Å². The highest BCUT2D eigenvalue weighted by Crippen LogP contribution is 2.26. The Hall–Kier alpha value is -1.30. The lowest BCUT2D eigenvalue weighted by atomic mass is 9.96. The number of nitriles is 1. The van der Waals surface area contributed by atoms with Gasteiger partial charge in [0.25, 0.3) is 0 Å². The number of fused-ring (bicyclic) bond motifs is 1. The van der Waals surface area contributed by atoms with Gasteiger partial charge in [-0.15, -0.1) is 0 Å². The molecular weight excluding hydrogens is 174 g/mol. The van der Waals surface area contributed by atoms with E-state index in [4.69, 9.17) is 5.26 Å². The molecule has 0 unspecified atom stereocenters. The SMILES string of the molecule is CC(C)n1nc(C#N)c2c1CCCC2. The Morgan fingerprint density at radius 1 is 1.36 bits per heavy atom. The molecule has 0 saturated carbocycles. The van der Waals surface area contributed by atoms with E-state index in [0.29, 0.717) is 11.7 Å². The second-order valence-corrected chi connectivity index (χ2v) is 4.13. The predicted octanol–water partition coefficient (Wildman–Crippen LogP) is 2.21. The monoisotopic (exact) mass is 189 g/mol. The minimum Gasteiger partial charge on any atom is -0.265 e. The van der Waals surface area contributed by atoms with Crippen LogP contribution in [0.25, 0.3) is 0 Å². The highest BCUT2D eigenvalue weighted by molar-refractivity contribution is 5.36. The molecule has 0 bridgehead atoms. The van der Waals surface area contributed by atoms with Crippen LogP contribution in [-0.2, 0) is 12.8 Å². The molecule has 2 rings (SSSR count). The van der Waals surface area contributed by atoms with Gasteiger partial charge in [-0.25, -0.2) is 0 Å². The quantitative estimate of drug-likeness (QED) is 0.679. The fourth-order valence-electron chi connectivity index (χ4n) is 2.14. The normalized spacial score (nSPS) is 15.3. The van der Waals surface area contributed by atoms with Gasteiger partial charge in [0.15, 0.2) is 5.69 Å². The molecule has 0 N–H and O–H groups in total. The van der Waals surface area contributed by atoms with E-state index < -0.39 is 0 Å². The molecule has 1 aliphatic carbocycles. The Balaban J connectivity index is 2.53. The lowest BCUT2D eigenvalue weighted by molar-refractivity contribution is 0.494. The Bertz CT molecular complexity index is 382. The van der Waals surface area contributed by atoms with E-state index in [1.54, 1.807) is 0 Å². The van der Waals surface area contributed by atoms with Crippen LogP contribution in [0.5, 0.6) is 0 Å². The molecule has 0 amide bonds. The topological polar surface area (TPSA) is 41.6 Å². The molecule has 0 atom stereocenters. The van der Waals surface area contributed by atoms with Crippen molar-refractivity contribution >= 4 is 0 Å². The molecule has 0 saturated heterocycles. The van der Waals surface area contributed by atoms with Crippen LogP contribution in [0.15, 0.2) is 0 Å². The van der Waals surface area contributed by atoms with Crippen molar-refractivity contribution in [1.82, 2.24) is 9.78 Å². The molecular formula is C11H15N3. The predicted molar refractivity (Wildman–Crippen MR) is 54.0 cm³/mol. The van der Waals surface area contributed by atoms with Gasteiger partial charge in [-0.1, -0.05) is 0 Å². The molecule has 0 fully saturated rings. The number of hydrogen-bond donors (Lipinski definition) is 0. The zero-order valence-electron chi connectivity index (χ0n) is 8.75. The molecule has 1 heterocycles. The largest absolute Gasteiger partial charge is 0.265 e. The summed E-state index contributed by atoms with van der Waals surface area (Å²) in [6.45, 7) is 4.23. The summed E-state index contributed by atoms with van der Waals surface area (Å²) < 4.78 is 2.02. The zero-order chi connectivity index (χ0) is 10.1. The number of nitrogens with zero attached hydrogens (tertiary/aromatic N) is 3. The summed E-state index contributed by atoms with van der Waals surface area (Å²) in [6, 6.07) is 2.56. The van der Waals surface area contributed by atoms with E-state index in [9.17, 15) is 0 Å². The maximum Gasteiger partial charge on any atom is 0.165 e. The summed E-state index contributed by atoms with van der Waals surface area (Å²) in [5, 5.41) is 13.3. The van der Waals surface area contributed by atoms with Gasteiger partial charge in [0.1, 0.15) is 6.07 Å². The van der Waals surface area contributed by atoms with Crippen molar-refractivity contribution in [2.45, 2.75) is 45.6 Å². The molecule has 3 heteroatoms. The third-order valence-corrected chi connectivity index (χ3v) is 2.80. The molecule has 3 nitrogen and oxygen atoms in total. The number of hydrogen-bond acceptors (Lipinski definition) is 2. The molecule has 0 aliphatic heterocycles. The van der Waals surface area contributed by atoms with Crippen molar-refractivity contribution in [2.24, 2.45) is 0 Å². The van der Waals surface area contributed by atoms with E-state index in [-0.39, 0.29) is 0 Å². The minimum atomic E-state index is 0.365. The van der Waals surface area contributed by atoms with Crippen molar-refractivity contribution in [2.75, 3.05) is 0 Å². The number of rotatable bonds is 1. The van der Waals surface area contributed by atoms with Crippen molar-refractivity contribution in [3.05, 3.63) is 17.0 Å². The highest BCUT2D eigenvalue weighted by Gasteiger charge is 2.21. The van der Waals surface area contributed by atoms with Crippen LogP contribution < -0.4 is 0 Å². The lowest BCUT2D eigenvalue weighted by Crippen LogP contribution is -2.11. The summed E-state index contributed by atoms with van der Waals surface area (Å²) in [6.07, 6.45) is 4.55. The Kier molecular flexibility index (Phi) is 2.28. The maximum absolute atomic E-state index is 8.96. The highest BCUT2D eigenvalue weighted by atomic mass is 15.3. The molecule has 14 heavy (non-hydrogen) atoms. The van der Waals surface area contributed by atoms with Crippen LogP contribution in [-0.4, -0.2) is 9.78 Å². The van der Waals surface area contributed by atoms with Crippen molar-refractivity contribution in [1.29, 1.82) is 5.26 Å². The van der Waals surface area contributed by atoms with E-state index in [1.165, 1.54) is 24.1 Å². The van der Waals surface area contributed by atoms with Gasteiger partial charge >= 0.3 is 0 Å². The van der Waals surface area contributed by atoms with Gasteiger partial charge < -0.3 is 0 Å². The summed E-state index contributed by atoms with van der Waals surface area (Å²) in [7, 11) is 0. The second-order valence-electron chi connectivity index (χ2n) is 4.13. The van der Waals surface area contributed by atoms with Crippen LogP contribution in [0.2, 0.25) is 0 Å². The first-order valence-corrected chi connectivity index (χ1v) is 5.24. The standard InChI is InChI=1S/C11H15N3/c1-8(2)14-11-6-4-3-5-9(11)10(7-12)13-14/h8H,3-6H2,1-2H3. The summed E-state index contributed by atoms with van der Waals surface area (Å²) in [5.41, 5.74) is 3.14. The summed E-state index contributed by atoms with van der Waals surface area (Å²) >= 11 is 0. The maximum atomic E-state index is 8.96. The smallest absolute Gasteiger partial charge is 0.165 e. The van der Waals surface area contributed by atoms with E-state index >= 15 is 0 Å². The third-order valence-electron chi connectivity index (χ3n) is 2.80. The first kappa shape index (κ1) is 9.26. The summed E-state index contributed by atoms with van der Waals surface area (Å²) in [5.74, 6) is 0. The van der Waals surface area contributed by atoms with Gasteiger partial charge in [-0.05, 0) is 39.5 Å². The van der Waals surface area contributed by atoms with E-state index in [0.717, 1.165) is 12.8 Å². The van der Waals surface area contributed by atoms with Crippen LogP contribution in [0.3, 0.4) is 0 Å². The fourth-order valence-corrected chi connectivity index (χ4v) is 2.14. The molecule has 74 valence electrons. The van der Waals surface area contributed by atoms with Crippen molar-refractivity contribution < 1.29 is 0 Å².